The maximum atomic E-state index is 14.2. The molecule has 0 bridgehead atoms. The van der Waals surface area contributed by atoms with Gasteiger partial charge in [-0.3, -0.25) is 28.8 Å². The molecule has 0 aliphatic heterocycles. The van der Waals surface area contributed by atoms with Crippen molar-refractivity contribution in [2.75, 3.05) is 0 Å². The van der Waals surface area contributed by atoms with E-state index in [4.69, 9.17) is 11.5 Å². The third-order valence-electron chi connectivity index (χ3n) is 10.0. The predicted octanol–water partition coefficient (Wildman–Crippen LogP) is 1.80. The number of carbonyl (C=O) groups excluding carboxylic acids is 6. The second-order valence-electron chi connectivity index (χ2n) is 15.6. The van der Waals surface area contributed by atoms with Crippen LogP contribution in [0.3, 0.4) is 0 Å². The van der Waals surface area contributed by atoms with Gasteiger partial charge in [-0.05, 0) is 54.2 Å². The fourth-order valence-electron chi connectivity index (χ4n) is 6.49. The van der Waals surface area contributed by atoms with E-state index in [2.05, 4.69) is 31.6 Å². The number of H-pyrrole nitrogens is 1. The molecule has 6 amide bonds. The number of aliphatic carboxylic acids is 1. The number of aromatic amines is 1. The van der Waals surface area contributed by atoms with Crippen molar-refractivity contribution in [3.8, 4) is 0 Å². The molecule has 11 N–H and O–H groups in total. The van der Waals surface area contributed by atoms with Crippen molar-refractivity contribution in [1.29, 1.82) is 0 Å². The molecule has 2 aromatic carbocycles. The first kappa shape index (κ1) is 46.6. The summed E-state index contributed by atoms with van der Waals surface area (Å²) in [6.07, 6.45) is 1.98. The fraction of sp³-hybridized carbons (Fsp3) is 0.500. The van der Waals surface area contributed by atoms with Gasteiger partial charge < -0.3 is 48.1 Å². The van der Waals surface area contributed by atoms with Crippen LogP contribution in [0.1, 0.15) is 78.4 Å². The van der Waals surface area contributed by atoms with Gasteiger partial charge in [0.15, 0.2) is 0 Å². The van der Waals surface area contributed by atoms with Gasteiger partial charge in [-0.15, -0.1) is 0 Å². The number of hydrogen-bond acceptors (Lipinski definition) is 8. The Bertz CT molecular complexity index is 1880. The number of amides is 6. The van der Waals surface area contributed by atoms with Crippen LogP contribution in [-0.2, 0) is 46.4 Å². The average Bonchev–Trinajstić information content (AvgIpc) is 3.58. The van der Waals surface area contributed by atoms with Crippen LogP contribution in [0.5, 0.6) is 0 Å². The third kappa shape index (κ3) is 14.0. The normalized spacial score (nSPS) is 15.0. The Morgan fingerprint density at radius 1 is 0.690 bits per heavy atom. The molecule has 316 valence electrons. The zero-order chi connectivity index (χ0) is 43.1. The molecule has 3 aromatic rings. The summed E-state index contributed by atoms with van der Waals surface area (Å²) >= 11 is 0. The van der Waals surface area contributed by atoms with Crippen LogP contribution in [0.25, 0.3) is 10.9 Å². The highest BCUT2D eigenvalue weighted by atomic mass is 16.4. The summed E-state index contributed by atoms with van der Waals surface area (Å²) in [5.74, 6) is -6.44. The van der Waals surface area contributed by atoms with E-state index < -0.39 is 89.5 Å². The molecule has 0 spiro atoms. The van der Waals surface area contributed by atoms with Crippen LogP contribution in [0, 0.1) is 17.8 Å². The molecule has 16 nitrogen and oxygen atoms in total. The summed E-state index contributed by atoms with van der Waals surface area (Å²) in [7, 11) is 0. The van der Waals surface area contributed by atoms with Crippen LogP contribution in [0.15, 0.2) is 60.8 Å². The lowest BCUT2D eigenvalue weighted by molar-refractivity contribution is -0.144. The van der Waals surface area contributed by atoms with Gasteiger partial charge in [-0.1, -0.05) is 96.5 Å². The summed E-state index contributed by atoms with van der Waals surface area (Å²) in [5.41, 5.74) is 13.9. The van der Waals surface area contributed by atoms with E-state index in [0.717, 1.165) is 16.5 Å². The standard InChI is InChI=1S/C42H60N8O8/c1-7-25(6)36(42(57)58)50-40(55)32(19-23(2)3)47-39(54)33(21-27-22-45-30-16-12-11-15-28(27)30)48-38(53)31(17-18-34(44)51)46-41(56)35(24(4)5)49-37(52)29(43)20-26-13-9-8-10-14-26/h8-16,22-25,29,31-33,35-36,45H,7,17-21,43H2,1-6H3,(H2,44,51)(H,46,56)(H,47,54)(H,48,53)(H,49,52)(H,50,55)(H,57,58)/t25-,29-,31-,32-,33-,35-,36-/m0/s1. The van der Waals surface area contributed by atoms with E-state index >= 15 is 0 Å². The molecule has 1 aromatic heterocycles. The number of rotatable bonds is 23. The first-order chi connectivity index (χ1) is 27.4. The lowest BCUT2D eigenvalue weighted by Crippen LogP contribution is -2.60. The number of fused-ring (bicyclic) bond motifs is 1. The second-order valence-corrected chi connectivity index (χ2v) is 15.6. The quantitative estimate of drug-likeness (QED) is 0.0676. The lowest BCUT2D eigenvalue weighted by Gasteiger charge is -2.29. The van der Waals surface area contributed by atoms with Crippen molar-refractivity contribution in [2.45, 2.75) is 116 Å². The van der Waals surface area contributed by atoms with Crippen LogP contribution < -0.4 is 38.1 Å². The molecule has 1 heterocycles. The Morgan fingerprint density at radius 3 is 1.86 bits per heavy atom. The summed E-state index contributed by atoms with van der Waals surface area (Å²) < 4.78 is 0. The van der Waals surface area contributed by atoms with Crippen molar-refractivity contribution in [3.63, 3.8) is 0 Å². The van der Waals surface area contributed by atoms with Crippen LogP contribution in [0.2, 0.25) is 0 Å². The zero-order valence-electron chi connectivity index (χ0n) is 34.2. The van der Waals surface area contributed by atoms with Gasteiger partial charge in [0, 0.05) is 29.9 Å². The maximum Gasteiger partial charge on any atom is 0.326 e. The molecule has 0 fully saturated rings. The summed E-state index contributed by atoms with van der Waals surface area (Å²) in [5, 5.41) is 24.0. The van der Waals surface area contributed by atoms with E-state index in [-0.39, 0.29) is 38.0 Å². The monoisotopic (exact) mass is 804 g/mol. The van der Waals surface area contributed by atoms with Crippen molar-refractivity contribution < 1.29 is 38.7 Å². The number of carbonyl (C=O) groups is 7. The third-order valence-corrected chi connectivity index (χ3v) is 10.0. The molecule has 7 atom stereocenters. The SMILES string of the molecule is CC[C@H](C)[C@H](NC(=O)[C@H](CC(C)C)NC(=O)[C@H](Cc1c[nH]c2ccccc12)NC(=O)[C@H](CCC(N)=O)NC(=O)[C@@H](NC(=O)[C@@H](N)Cc1ccccc1)C(C)C)C(=O)O. The predicted molar refractivity (Wildman–Crippen MR) is 220 cm³/mol. The molecule has 3 rings (SSSR count). The first-order valence-corrected chi connectivity index (χ1v) is 19.8. The minimum absolute atomic E-state index is 0.0529. The molecule has 58 heavy (non-hydrogen) atoms. The van der Waals surface area contributed by atoms with Gasteiger partial charge in [-0.25, -0.2) is 4.79 Å². The number of carboxylic acids is 1. The van der Waals surface area contributed by atoms with Crippen LogP contribution in [-0.4, -0.2) is 87.8 Å². The Morgan fingerprint density at radius 2 is 1.26 bits per heavy atom. The molecular weight excluding hydrogens is 745 g/mol. The van der Waals surface area contributed by atoms with E-state index in [0.29, 0.717) is 12.0 Å². The Hall–Kier alpha value is -5.77. The minimum atomic E-state index is -1.38. The van der Waals surface area contributed by atoms with Gasteiger partial charge in [0.1, 0.15) is 30.2 Å². The van der Waals surface area contributed by atoms with Gasteiger partial charge >= 0.3 is 5.97 Å². The topological polar surface area (TPSA) is 268 Å². The molecule has 0 aliphatic carbocycles. The zero-order valence-corrected chi connectivity index (χ0v) is 34.2. The van der Waals surface area contributed by atoms with Crippen LogP contribution in [0.4, 0.5) is 0 Å². The van der Waals surface area contributed by atoms with E-state index in [1.54, 1.807) is 33.9 Å². The number of nitrogens with two attached hydrogens (primary N) is 2. The highest BCUT2D eigenvalue weighted by molar-refractivity contribution is 5.97. The number of benzene rings is 2. The van der Waals surface area contributed by atoms with E-state index in [9.17, 15) is 38.7 Å². The van der Waals surface area contributed by atoms with E-state index in [1.807, 2.05) is 68.4 Å². The lowest BCUT2D eigenvalue weighted by atomic mass is 9.97. The second kappa shape index (κ2) is 22.2. The number of nitrogens with one attached hydrogen (secondary N) is 6. The van der Waals surface area contributed by atoms with Crippen molar-refractivity contribution in [1.82, 2.24) is 31.6 Å². The molecule has 16 heteroatoms. The summed E-state index contributed by atoms with van der Waals surface area (Å²) in [6.45, 7) is 10.6. The number of hydrogen-bond donors (Lipinski definition) is 9. The summed E-state index contributed by atoms with van der Waals surface area (Å²) in [4.78, 5) is 96.0. The number of primary amides is 1. The minimum Gasteiger partial charge on any atom is -0.480 e. The summed E-state index contributed by atoms with van der Waals surface area (Å²) in [6, 6.07) is 9.35. The highest BCUT2D eigenvalue weighted by Gasteiger charge is 2.35. The molecule has 0 aliphatic rings. The molecule has 0 radical (unpaired) electrons. The molecular formula is C42H60N8O8. The van der Waals surface area contributed by atoms with Gasteiger partial charge in [-0.2, -0.15) is 0 Å². The Labute approximate surface area is 339 Å². The van der Waals surface area contributed by atoms with Crippen molar-refractivity contribution in [3.05, 3.63) is 71.9 Å². The van der Waals surface area contributed by atoms with Crippen molar-refractivity contribution >= 4 is 52.3 Å². The largest absolute Gasteiger partial charge is 0.480 e. The van der Waals surface area contributed by atoms with Gasteiger partial charge in [0.2, 0.25) is 35.4 Å². The Kier molecular flexibility index (Phi) is 17.9. The molecule has 0 saturated heterocycles. The first-order valence-electron chi connectivity index (χ1n) is 19.8. The van der Waals surface area contributed by atoms with Gasteiger partial charge in [0.25, 0.3) is 0 Å². The highest BCUT2D eigenvalue weighted by Crippen LogP contribution is 2.20. The number of para-hydroxylation sites is 1. The van der Waals surface area contributed by atoms with E-state index in [1.165, 1.54) is 0 Å². The maximum absolute atomic E-state index is 14.2. The smallest absolute Gasteiger partial charge is 0.326 e. The number of aromatic nitrogens is 1. The fourth-order valence-corrected chi connectivity index (χ4v) is 6.49. The van der Waals surface area contributed by atoms with Gasteiger partial charge in [0.05, 0.1) is 6.04 Å². The molecule has 0 unspecified atom stereocenters. The average molecular weight is 805 g/mol. The van der Waals surface area contributed by atoms with Crippen molar-refractivity contribution in [2.24, 2.45) is 29.2 Å². The molecule has 0 saturated carbocycles. The van der Waals surface area contributed by atoms with Crippen LogP contribution >= 0.6 is 0 Å². The Balaban J connectivity index is 1.91. The number of carboxylic acid groups (broad SMARTS) is 1.